The Bertz CT molecular complexity index is 408. The van der Waals surface area contributed by atoms with Gasteiger partial charge in [0.1, 0.15) is 5.75 Å². The van der Waals surface area contributed by atoms with Crippen molar-refractivity contribution in [1.29, 1.82) is 0 Å². The van der Waals surface area contributed by atoms with Crippen molar-refractivity contribution >= 4 is 17.0 Å². The zero-order valence-electron chi connectivity index (χ0n) is 8.47. The highest BCUT2D eigenvalue weighted by Gasteiger charge is 2.04. The van der Waals surface area contributed by atoms with E-state index in [2.05, 4.69) is 29.1 Å². The second-order valence-electron chi connectivity index (χ2n) is 3.47. The van der Waals surface area contributed by atoms with Gasteiger partial charge in [-0.15, -0.1) is 0 Å². The molecule has 0 saturated heterocycles. The van der Waals surface area contributed by atoms with E-state index in [1.165, 1.54) is 5.56 Å². The second kappa shape index (κ2) is 4.36. The third-order valence-corrected chi connectivity index (χ3v) is 3.00. The minimum Gasteiger partial charge on any atom is -0.508 e. The van der Waals surface area contributed by atoms with Crippen molar-refractivity contribution in [3.8, 4) is 5.75 Å². The number of aromatic hydroxyl groups is 1. The van der Waals surface area contributed by atoms with Gasteiger partial charge in [0, 0.05) is 11.7 Å². The van der Waals surface area contributed by atoms with Crippen molar-refractivity contribution in [1.82, 2.24) is 0 Å². The van der Waals surface area contributed by atoms with Crippen LogP contribution in [0.15, 0.2) is 41.1 Å². The first kappa shape index (κ1) is 10.1. The molecule has 0 bridgehead atoms. The van der Waals surface area contributed by atoms with Crippen LogP contribution in [-0.2, 0) is 0 Å². The highest BCUT2D eigenvalue weighted by atomic mass is 32.1. The maximum absolute atomic E-state index is 9.15. The first-order chi connectivity index (χ1) is 7.25. The summed E-state index contributed by atoms with van der Waals surface area (Å²) in [5.41, 5.74) is 2.31. The fourth-order valence-corrected chi connectivity index (χ4v) is 2.17. The van der Waals surface area contributed by atoms with Gasteiger partial charge in [0.25, 0.3) is 0 Å². The molecule has 0 aliphatic heterocycles. The number of thiophene rings is 1. The summed E-state index contributed by atoms with van der Waals surface area (Å²) in [5, 5.41) is 16.7. The van der Waals surface area contributed by atoms with E-state index in [9.17, 15) is 0 Å². The number of phenols is 1. The number of phenolic OH excluding ortho intramolecular Hbond substituents is 1. The molecule has 1 atom stereocenters. The molecule has 0 spiro atoms. The summed E-state index contributed by atoms with van der Waals surface area (Å²) >= 11 is 1.70. The Balaban J connectivity index is 2.06. The fraction of sp³-hybridized carbons (Fsp3) is 0.167. The van der Waals surface area contributed by atoms with Gasteiger partial charge in [0.2, 0.25) is 0 Å². The molecule has 2 nitrogen and oxygen atoms in total. The van der Waals surface area contributed by atoms with Crippen LogP contribution in [0, 0.1) is 0 Å². The Labute approximate surface area is 93.2 Å². The predicted octanol–water partition coefficient (Wildman–Crippen LogP) is 3.63. The molecular weight excluding hydrogens is 206 g/mol. The lowest BCUT2D eigenvalue weighted by atomic mass is 10.1. The Morgan fingerprint density at radius 2 is 1.93 bits per heavy atom. The van der Waals surface area contributed by atoms with Crippen LogP contribution >= 0.6 is 11.3 Å². The van der Waals surface area contributed by atoms with Crippen LogP contribution in [0.25, 0.3) is 0 Å². The Morgan fingerprint density at radius 3 is 2.53 bits per heavy atom. The van der Waals surface area contributed by atoms with Crippen LogP contribution < -0.4 is 5.32 Å². The second-order valence-corrected chi connectivity index (χ2v) is 4.25. The number of hydrogen-bond donors (Lipinski definition) is 2. The fourth-order valence-electron chi connectivity index (χ4n) is 1.41. The molecule has 0 aliphatic carbocycles. The largest absolute Gasteiger partial charge is 0.508 e. The molecule has 1 heterocycles. The monoisotopic (exact) mass is 219 g/mol. The summed E-state index contributed by atoms with van der Waals surface area (Å²) in [6.07, 6.45) is 0. The van der Waals surface area contributed by atoms with Crippen molar-refractivity contribution in [3.63, 3.8) is 0 Å². The smallest absolute Gasteiger partial charge is 0.115 e. The minimum atomic E-state index is 0.292. The standard InChI is InChI=1S/C12H13NOS/c1-9(10-6-7-15-8-10)13-11-2-4-12(14)5-3-11/h2-9,13-14H,1H3. The summed E-state index contributed by atoms with van der Waals surface area (Å²) in [6, 6.07) is 9.52. The first-order valence-corrected chi connectivity index (χ1v) is 5.77. The van der Waals surface area contributed by atoms with Gasteiger partial charge in [0.05, 0.1) is 0 Å². The van der Waals surface area contributed by atoms with Gasteiger partial charge >= 0.3 is 0 Å². The molecule has 2 N–H and O–H groups in total. The van der Waals surface area contributed by atoms with Crippen molar-refractivity contribution < 1.29 is 5.11 Å². The molecule has 0 aliphatic rings. The maximum atomic E-state index is 9.15. The number of anilines is 1. The molecule has 0 saturated carbocycles. The van der Waals surface area contributed by atoms with Gasteiger partial charge in [0.15, 0.2) is 0 Å². The van der Waals surface area contributed by atoms with Crippen LogP contribution in [0.3, 0.4) is 0 Å². The number of benzene rings is 1. The highest BCUT2D eigenvalue weighted by Crippen LogP contribution is 2.22. The Morgan fingerprint density at radius 1 is 1.20 bits per heavy atom. The average Bonchev–Trinajstić information content (AvgIpc) is 2.74. The number of nitrogens with one attached hydrogen (secondary N) is 1. The van der Waals surface area contributed by atoms with Gasteiger partial charge in [-0.1, -0.05) is 0 Å². The molecule has 15 heavy (non-hydrogen) atoms. The van der Waals surface area contributed by atoms with Crippen LogP contribution in [0.4, 0.5) is 5.69 Å². The van der Waals surface area contributed by atoms with Crippen molar-refractivity contribution in [2.24, 2.45) is 0 Å². The minimum absolute atomic E-state index is 0.292. The van der Waals surface area contributed by atoms with Crippen LogP contribution in [0.2, 0.25) is 0 Å². The lowest BCUT2D eigenvalue weighted by Gasteiger charge is -2.13. The highest BCUT2D eigenvalue weighted by molar-refractivity contribution is 7.07. The van der Waals surface area contributed by atoms with Crippen LogP contribution in [-0.4, -0.2) is 5.11 Å². The normalized spacial score (nSPS) is 12.3. The summed E-state index contributed by atoms with van der Waals surface area (Å²) in [4.78, 5) is 0. The van der Waals surface area contributed by atoms with Gasteiger partial charge in [-0.3, -0.25) is 0 Å². The number of rotatable bonds is 3. The Kier molecular flexibility index (Phi) is 2.92. The molecule has 0 radical (unpaired) electrons. The molecular formula is C12H13NOS. The molecule has 1 aromatic heterocycles. The topological polar surface area (TPSA) is 32.3 Å². The van der Waals surface area contributed by atoms with Gasteiger partial charge in [-0.25, -0.2) is 0 Å². The van der Waals surface area contributed by atoms with E-state index >= 15 is 0 Å². The zero-order valence-corrected chi connectivity index (χ0v) is 9.29. The lowest BCUT2D eigenvalue weighted by Crippen LogP contribution is -2.04. The van der Waals surface area contributed by atoms with E-state index in [0.29, 0.717) is 11.8 Å². The van der Waals surface area contributed by atoms with E-state index < -0.39 is 0 Å². The van der Waals surface area contributed by atoms with E-state index in [-0.39, 0.29) is 0 Å². The van der Waals surface area contributed by atoms with Crippen LogP contribution in [0.1, 0.15) is 18.5 Å². The third-order valence-electron chi connectivity index (χ3n) is 2.29. The summed E-state index contributed by atoms with van der Waals surface area (Å²) in [5.74, 6) is 0.295. The van der Waals surface area contributed by atoms with E-state index in [1.54, 1.807) is 23.5 Å². The molecule has 2 aromatic rings. The SMILES string of the molecule is CC(Nc1ccc(O)cc1)c1ccsc1. The lowest BCUT2D eigenvalue weighted by molar-refractivity contribution is 0.475. The maximum Gasteiger partial charge on any atom is 0.115 e. The molecule has 0 fully saturated rings. The third kappa shape index (κ3) is 2.50. The quantitative estimate of drug-likeness (QED) is 0.773. The summed E-state index contributed by atoms with van der Waals surface area (Å²) in [6.45, 7) is 2.12. The average molecular weight is 219 g/mol. The van der Waals surface area contributed by atoms with E-state index in [1.807, 2.05) is 12.1 Å². The predicted molar refractivity (Wildman–Crippen MR) is 64.5 cm³/mol. The molecule has 78 valence electrons. The van der Waals surface area contributed by atoms with Crippen molar-refractivity contribution in [2.45, 2.75) is 13.0 Å². The zero-order chi connectivity index (χ0) is 10.7. The number of hydrogen-bond acceptors (Lipinski definition) is 3. The van der Waals surface area contributed by atoms with E-state index in [0.717, 1.165) is 5.69 Å². The van der Waals surface area contributed by atoms with Crippen molar-refractivity contribution in [3.05, 3.63) is 46.7 Å². The molecule has 0 amide bonds. The molecule has 3 heteroatoms. The van der Waals surface area contributed by atoms with Gasteiger partial charge in [-0.05, 0) is 53.6 Å². The van der Waals surface area contributed by atoms with E-state index in [4.69, 9.17) is 5.11 Å². The van der Waals surface area contributed by atoms with Gasteiger partial charge in [-0.2, -0.15) is 11.3 Å². The first-order valence-electron chi connectivity index (χ1n) is 4.83. The molecule has 1 aromatic carbocycles. The summed E-state index contributed by atoms with van der Waals surface area (Å²) < 4.78 is 0. The molecule has 1 unspecified atom stereocenters. The van der Waals surface area contributed by atoms with Crippen molar-refractivity contribution in [2.75, 3.05) is 5.32 Å². The Hall–Kier alpha value is -1.48. The summed E-state index contributed by atoms with van der Waals surface area (Å²) in [7, 11) is 0. The van der Waals surface area contributed by atoms with Crippen LogP contribution in [0.5, 0.6) is 5.75 Å². The molecule has 2 rings (SSSR count). The van der Waals surface area contributed by atoms with Gasteiger partial charge < -0.3 is 10.4 Å².